The van der Waals surface area contributed by atoms with E-state index in [0.717, 1.165) is 6.07 Å². The summed E-state index contributed by atoms with van der Waals surface area (Å²) in [5.74, 6) is -0.733. The van der Waals surface area contributed by atoms with Crippen molar-refractivity contribution in [3.63, 3.8) is 0 Å². The van der Waals surface area contributed by atoms with Gasteiger partial charge in [0.05, 0.1) is 35.3 Å². The number of halogens is 4. The number of rotatable bonds is 5. The molecule has 0 aliphatic carbocycles. The summed E-state index contributed by atoms with van der Waals surface area (Å²) in [7, 11) is -4.47. The molecule has 1 unspecified atom stereocenters. The van der Waals surface area contributed by atoms with Gasteiger partial charge in [-0.2, -0.15) is 13.2 Å². The molecular formula is C20H26ClF3N4O4S. The van der Waals surface area contributed by atoms with Crippen molar-refractivity contribution < 1.29 is 31.2 Å². The van der Waals surface area contributed by atoms with Crippen LogP contribution in [0.25, 0.3) is 0 Å². The molecule has 2 aliphatic heterocycles. The molecule has 0 radical (unpaired) electrons. The van der Waals surface area contributed by atoms with Crippen LogP contribution in [0.15, 0.2) is 23.1 Å². The number of carbonyl (C=O) groups is 2. The molecule has 0 aromatic heterocycles. The number of hydrogen-bond acceptors (Lipinski definition) is 5. The average Bonchev–Trinajstić information content (AvgIpc) is 3.30. The van der Waals surface area contributed by atoms with Crippen LogP contribution in [-0.2, 0) is 25.8 Å². The Balaban J connectivity index is 1.64. The van der Waals surface area contributed by atoms with E-state index in [1.165, 1.54) is 4.90 Å². The SMILES string of the molecule is CC(C)(C)C(N)C(=O)N1C[C@@H]2C[C@H]1CN2C(=O)CNS(=O)(=O)c1cc(C(F)(F)F)ccc1Cl. The van der Waals surface area contributed by atoms with E-state index in [2.05, 4.69) is 0 Å². The summed E-state index contributed by atoms with van der Waals surface area (Å²) in [4.78, 5) is 27.7. The molecule has 3 atom stereocenters. The lowest BCUT2D eigenvalue weighted by Gasteiger charge is -2.37. The van der Waals surface area contributed by atoms with Gasteiger partial charge < -0.3 is 15.5 Å². The average molecular weight is 511 g/mol. The molecule has 1 aromatic carbocycles. The number of likely N-dealkylation sites (tertiary alicyclic amines) is 2. The molecule has 2 saturated heterocycles. The quantitative estimate of drug-likeness (QED) is 0.627. The molecule has 2 heterocycles. The summed E-state index contributed by atoms with van der Waals surface area (Å²) in [5.41, 5.74) is 4.48. The van der Waals surface area contributed by atoms with Crippen LogP contribution >= 0.6 is 11.6 Å². The van der Waals surface area contributed by atoms with Gasteiger partial charge in [-0.25, -0.2) is 13.1 Å². The van der Waals surface area contributed by atoms with E-state index < -0.39 is 55.6 Å². The van der Waals surface area contributed by atoms with Crippen molar-refractivity contribution >= 4 is 33.4 Å². The van der Waals surface area contributed by atoms with Crippen molar-refractivity contribution in [1.29, 1.82) is 0 Å². The monoisotopic (exact) mass is 510 g/mol. The van der Waals surface area contributed by atoms with E-state index in [9.17, 15) is 31.2 Å². The third-order valence-corrected chi connectivity index (χ3v) is 7.89. The van der Waals surface area contributed by atoms with E-state index in [1.54, 1.807) is 4.90 Å². The highest BCUT2D eigenvalue weighted by molar-refractivity contribution is 7.89. The zero-order chi connectivity index (χ0) is 24.9. The van der Waals surface area contributed by atoms with Crippen molar-refractivity contribution in [3.8, 4) is 0 Å². The predicted octanol–water partition coefficient (Wildman–Crippen LogP) is 1.82. The molecule has 2 aliphatic rings. The van der Waals surface area contributed by atoms with Gasteiger partial charge in [0.15, 0.2) is 0 Å². The van der Waals surface area contributed by atoms with Gasteiger partial charge >= 0.3 is 6.18 Å². The van der Waals surface area contributed by atoms with E-state index in [-0.39, 0.29) is 24.5 Å². The normalized spacial score (nSPS) is 22.1. The highest BCUT2D eigenvalue weighted by atomic mass is 35.5. The Morgan fingerprint density at radius 2 is 1.76 bits per heavy atom. The van der Waals surface area contributed by atoms with Crippen LogP contribution in [0.3, 0.4) is 0 Å². The van der Waals surface area contributed by atoms with Crippen LogP contribution in [-0.4, -0.2) is 67.8 Å². The Morgan fingerprint density at radius 3 is 2.27 bits per heavy atom. The Kier molecular flexibility index (Phi) is 6.79. The molecular weight excluding hydrogens is 485 g/mol. The molecule has 3 N–H and O–H groups in total. The van der Waals surface area contributed by atoms with Gasteiger partial charge in [0.1, 0.15) is 4.90 Å². The minimum absolute atomic E-state index is 0.193. The van der Waals surface area contributed by atoms with E-state index >= 15 is 0 Å². The molecule has 33 heavy (non-hydrogen) atoms. The number of nitrogens with zero attached hydrogens (tertiary/aromatic N) is 2. The van der Waals surface area contributed by atoms with Crippen molar-refractivity contribution in [1.82, 2.24) is 14.5 Å². The zero-order valence-electron chi connectivity index (χ0n) is 18.3. The van der Waals surface area contributed by atoms with Crippen LogP contribution in [0.1, 0.15) is 32.8 Å². The summed E-state index contributed by atoms with van der Waals surface area (Å²) in [6.07, 6.45) is -4.20. The third kappa shape index (κ3) is 5.28. The molecule has 2 fully saturated rings. The Bertz CT molecular complexity index is 1060. The number of nitrogens with two attached hydrogens (primary N) is 1. The fourth-order valence-corrected chi connectivity index (χ4v) is 5.51. The van der Waals surface area contributed by atoms with Crippen LogP contribution in [0.5, 0.6) is 0 Å². The fourth-order valence-electron chi connectivity index (χ4n) is 4.01. The fraction of sp³-hybridized carbons (Fsp3) is 0.600. The zero-order valence-corrected chi connectivity index (χ0v) is 19.9. The second-order valence-electron chi connectivity index (χ2n) is 9.39. The first-order valence-electron chi connectivity index (χ1n) is 10.2. The number of hydrogen-bond donors (Lipinski definition) is 2. The first kappa shape index (κ1) is 25.7. The molecule has 0 spiro atoms. The van der Waals surface area contributed by atoms with Crippen molar-refractivity contribution in [2.75, 3.05) is 19.6 Å². The van der Waals surface area contributed by atoms with Gasteiger partial charge in [-0.1, -0.05) is 32.4 Å². The van der Waals surface area contributed by atoms with Crippen LogP contribution in [0.2, 0.25) is 5.02 Å². The van der Waals surface area contributed by atoms with Gasteiger partial charge in [-0.3, -0.25) is 9.59 Å². The molecule has 0 saturated carbocycles. The molecule has 1 aromatic rings. The smallest absolute Gasteiger partial charge is 0.335 e. The molecule has 3 rings (SSSR count). The first-order chi connectivity index (χ1) is 15.0. The Labute approximate surface area is 195 Å². The van der Waals surface area contributed by atoms with Crippen LogP contribution < -0.4 is 10.5 Å². The largest absolute Gasteiger partial charge is 0.416 e. The van der Waals surface area contributed by atoms with Crippen molar-refractivity contribution in [2.24, 2.45) is 11.1 Å². The third-order valence-electron chi connectivity index (χ3n) is 6.00. The number of fused-ring (bicyclic) bond motifs is 2. The molecule has 8 nitrogen and oxygen atoms in total. The molecule has 184 valence electrons. The minimum Gasteiger partial charge on any atom is -0.335 e. The molecule has 2 amide bonds. The predicted molar refractivity (Wildman–Crippen MR) is 115 cm³/mol. The summed E-state index contributed by atoms with van der Waals surface area (Å²) in [6.45, 7) is 5.48. The maximum Gasteiger partial charge on any atom is 0.416 e. The minimum atomic E-state index is -4.75. The highest BCUT2D eigenvalue weighted by Crippen LogP contribution is 2.34. The first-order valence-corrected chi connectivity index (χ1v) is 12.1. The van der Waals surface area contributed by atoms with Crippen molar-refractivity contribution in [3.05, 3.63) is 28.8 Å². The maximum atomic E-state index is 12.9. The summed E-state index contributed by atoms with van der Waals surface area (Å²) in [5, 5.41) is -0.396. The van der Waals surface area contributed by atoms with E-state index in [1.807, 2.05) is 25.5 Å². The van der Waals surface area contributed by atoms with Crippen LogP contribution in [0.4, 0.5) is 13.2 Å². The molecule has 13 heteroatoms. The summed E-state index contributed by atoms with van der Waals surface area (Å²) >= 11 is 5.80. The number of alkyl halides is 3. The number of piperazine rings is 1. The molecule has 2 bridgehead atoms. The number of amides is 2. The second-order valence-corrected chi connectivity index (χ2v) is 11.5. The lowest BCUT2D eigenvalue weighted by molar-refractivity contribution is -0.141. The van der Waals surface area contributed by atoms with Gasteiger partial charge in [-0.15, -0.1) is 0 Å². The lowest BCUT2D eigenvalue weighted by Crippen LogP contribution is -2.57. The topological polar surface area (TPSA) is 113 Å². The maximum absolute atomic E-state index is 12.9. The Morgan fingerprint density at radius 1 is 1.18 bits per heavy atom. The summed E-state index contributed by atoms with van der Waals surface area (Å²) < 4.78 is 65.9. The number of benzene rings is 1. The summed E-state index contributed by atoms with van der Waals surface area (Å²) in [6, 6.07) is 0.759. The van der Waals surface area contributed by atoms with Gasteiger partial charge in [0.2, 0.25) is 21.8 Å². The number of nitrogens with one attached hydrogen (secondary N) is 1. The Hall–Kier alpha value is -1.89. The lowest BCUT2D eigenvalue weighted by atomic mass is 9.86. The second kappa shape index (κ2) is 8.71. The van der Waals surface area contributed by atoms with E-state index in [0.29, 0.717) is 25.1 Å². The van der Waals surface area contributed by atoms with E-state index in [4.69, 9.17) is 17.3 Å². The highest BCUT2D eigenvalue weighted by Gasteiger charge is 2.48. The number of sulfonamides is 1. The standard InChI is InChI=1S/C20H26ClF3N4O4S/c1-19(2,3)17(25)18(30)28-10-12-7-13(28)9-27(12)16(29)8-26-33(31,32)15-6-11(20(22,23)24)4-5-14(15)21/h4-6,12-13,17,26H,7-10,25H2,1-3H3/t12-,13-,17?/m0/s1. The van der Waals surface area contributed by atoms with Crippen LogP contribution in [0, 0.1) is 5.41 Å². The number of carbonyl (C=O) groups excluding carboxylic acids is 2. The van der Waals surface area contributed by atoms with Gasteiger partial charge in [-0.05, 0) is 30.0 Å². The van der Waals surface area contributed by atoms with Gasteiger partial charge in [0.25, 0.3) is 0 Å². The van der Waals surface area contributed by atoms with Crippen molar-refractivity contribution in [2.45, 2.75) is 56.4 Å². The van der Waals surface area contributed by atoms with Gasteiger partial charge in [0, 0.05) is 13.1 Å².